The van der Waals surface area contributed by atoms with Crippen molar-refractivity contribution in [2.24, 2.45) is 0 Å². The first-order valence-corrected chi connectivity index (χ1v) is 8.76. The predicted octanol–water partition coefficient (Wildman–Crippen LogP) is 2.84. The van der Waals surface area contributed by atoms with Crippen molar-refractivity contribution in [2.75, 3.05) is 25.1 Å². The fourth-order valence-electron chi connectivity index (χ4n) is 2.52. The van der Waals surface area contributed by atoms with Crippen LogP contribution < -0.4 is 10.2 Å². The van der Waals surface area contributed by atoms with Gasteiger partial charge in [0, 0.05) is 24.2 Å². The zero-order chi connectivity index (χ0) is 19.8. The van der Waals surface area contributed by atoms with Crippen LogP contribution in [0.25, 0.3) is 0 Å². The molecule has 2 amide bonds. The largest absolute Gasteiger partial charge is 0.465 e. The molecule has 0 unspecified atom stereocenters. The molecular weight excluding hydrogens is 368 g/mol. The Labute approximate surface area is 163 Å². The molecular formula is C20H21ClN2O4. The van der Waals surface area contributed by atoms with Crippen LogP contribution in [0, 0.1) is 0 Å². The molecule has 2 aromatic rings. The van der Waals surface area contributed by atoms with Gasteiger partial charge in [0.2, 0.25) is 11.8 Å². The molecule has 27 heavy (non-hydrogen) atoms. The fourth-order valence-corrected chi connectivity index (χ4v) is 2.73. The Morgan fingerprint density at radius 3 is 2.41 bits per heavy atom. The molecule has 0 fully saturated rings. The molecule has 142 valence electrons. The minimum atomic E-state index is -0.463. The molecule has 0 aliphatic heterocycles. The molecule has 2 rings (SSSR count). The number of esters is 1. The standard InChI is InChI=1S/C20H21ClN2O4/c1-14(24)23(18-8-6-16(7-9-18)20(26)27-2)13-19(25)22-11-10-15-4-3-5-17(21)12-15/h3-9,12H,10-11,13H2,1-2H3,(H,22,25). The van der Waals surface area contributed by atoms with Gasteiger partial charge in [-0.3, -0.25) is 9.59 Å². The van der Waals surface area contributed by atoms with E-state index in [1.165, 1.54) is 18.9 Å². The van der Waals surface area contributed by atoms with E-state index in [4.69, 9.17) is 11.6 Å². The van der Waals surface area contributed by atoms with Gasteiger partial charge in [-0.15, -0.1) is 0 Å². The van der Waals surface area contributed by atoms with Crippen LogP contribution in [0.4, 0.5) is 5.69 Å². The highest BCUT2D eigenvalue weighted by atomic mass is 35.5. The number of carbonyl (C=O) groups is 3. The van der Waals surface area contributed by atoms with Crippen molar-refractivity contribution < 1.29 is 19.1 Å². The summed E-state index contributed by atoms with van der Waals surface area (Å²) in [5, 5.41) is 3.44. The number of hydrogen-bond donors (Lipinski definition) is 1. The van der Waals surface area contributed by atoms with Gasteiger partial charge in [0.25, 0.3) is 0 Å². The number of hydrogen-bond acceptors (Lipinski definition) is 4. The molecule has 0 aromatic heterocycles. The van der Waals surface area contributed by atoms with Crippen LogP contribution in [0.5, 0.6) is 0 Å². The van der Waals surface area contributed by atoms with E-state index in [0.717, 1.165) is 5.56 Å². The minimum absolute atomic E-state index is 0.109. The summed E-state index contributed by atoms with van der Waals surface area (Å²) in [6, 6.07) is 13.7. The monoisotopic (exact) mass is 388 g/mol. The number of methoxy groups -OCH3 is 1. The first-order chi connectivity index (χ1) is 12.9. The maximum Gasteiger partial charge on any atom is 0.337 e. The van der Waals surface area contributed by atoms with Crippen LogP contribution in [0.1, 0.15) is 22.8 Å². The second-order valence-corrected chi connectivity index (χ2v) is 6.31. The average Bonchev–Trinajstić information content (AvgIpc) is 2.65. The average molecular weight is 389 g/mol. The van der Waals surface area contributed by atoms with Gasteiger partial charge in [-0.1, -0.05) is 23.7 Å². The van der Waals surface area contributed by atoms with Gasteiger partial charge in [0.15, 0.2) is 0 Å². The predicted molar refractivity (Wildman–Crippen MR) is 104 cm³/mol. The molecule has 0 atom stereocenters. The Morgan fingerprint density at radius 2 is 1.81 bits per heavy atom. The summed E-state index contributed by atoms with van der Waals surface area (Å²) >= 11 is 5.94. The summed E-state index contributed by atoms with van der Waals surface area (Å²) in [6.07, 6.45) is 0.639. The van der Waals surface area contributed by atoms with Crippen molar-refractivity contribution in [2.45, 2.75) is 13.3 Å². The molecule has 0 heterocycles. The van der Waals surface area contributed by atoms with E-state index in [2.05, 4.69) is 10.1 Å². The SMILES string of the molecule is COC(=O)c1ccc(N(CC(=O)NCCc2cccc(Cl)c2)C(C)=O)cc1. The van der Waals surface area contributed by atoms with Gasteiger partial charge in [-0.05, 0) is 48.4 Å². The first kappa shape index (κ1) is 20.5. The van der Waals surface area contributed by atoms with Crippen LogP contribution >= 0.6 is 11.6 Å². The maximum atomic E-state index is 12.2. The van der Waals surface area contributed by atoms with Gasteiger partial charge >= 0.3 is 5.97 Å². The van der Waals surface area contributed by atoms with E-state index in [0.29, 0.717) is 29.2 Å². The maximum absolute atomic E-state index is 12.2. The van der Waals surface area contributed by atoms with Crippen LogP contribution in [-0.4, -0.2) is 38.0 Å². The summed E-state index contributed by atoms with van der Waals surface area (Å²) in [6.45, 7) is 1.71. The third kappa shape index (κ3) is 6.11. The summed E-state index contributed by atoms with van der Waals surface area (Å²) < 4.78 is 4.64. The summed E-state index contributed by atoms with van der Waals surface area (Å²) in [4.78, 5) is 37.0. The van der Waals surface area contributed by atoms with Gasteiger partial charge in [0.05, 0.1) is 12.7 Å². The zero-order valence-corrected chi connectivity index (χ0v) is 16.0. The Kier molecular flexibility index (Phi) is 7.37. The number of benzene rings is 2. The van der Waals surface area contributed by atoms with E-state index in [1.807, 2.05) is 18.2 Å². The Morgan fingerprint density at radius 1 is 1.11 bits per heavy atom. The number of rotatable bonds is 7. The second-order valence-electron chi connectivity index (χ2n) is 5.87. The Bertz CT molecular complexity index is 821. The smallest absolute Gasteiger partial charge is 0.337 e. The van der Waals surface area contributed by atoms with Gasteiger partial charge in [0.1, 0.15) is 6.54 Å². The van der Waals surface area contributed by atoms with Gasteiger partial charge in [-0.25, -0.2) is 4.79 Å². The highest BCUT2D eigenvalue weighted by molar-refractivity contribution is 6.30. The summed E-state index contributed by atoms with van der Waals surface area (Å²) in [5.41, 5.74) is 1.92. The van der Waals surface area contributed by atoms with Crippen LogP contribution in [0.2, 0.25) is 5.02 Å². The molecule has 0 radical (unpaired) electrons. The van der Waals surface area contributed by atoms with E-state index in [9.17, 15) is 14.4 Å². The van der Waals surface area contributed by atoms with Crippen LogP contribution in [0.3, 0.4) is 0 Å². The second kappa shape index (κ2) is 9.73. The molecule has 0 aliphatic rings. The van der Waals surface area contributed by atoms with Crippen LogP contribution in [-0.2, 0) is 20.7 Å². The molecule has 1 N–H and O–H groups in total. The number of amides is 2. The van der Waals surface area contributed by atoms with Crippen molar-refractivity contribution in [1.29, 1.82) is 0 Å². The zero-order valence-electron chi connectivity index (χ0n) is 15.2. The topological polar surface area (TPSA) is 75.7 Å². The van der Waals surface area contributed by atoms with E-state index < -0.39 is 5.97 Å². The number of ether oxygens (including phenoxy) is 1. The van der Waals surface area contributed by atoms with Gasteiger partial charge < -0.3 is 15.0 Å². The summed E-state index contributed by atoms with van der Waals surface area (Å²) in [7, 11) is 1.30. The normalized spacial score (nSPS) is 10.2. The van der Waals surface area contributed by atoms with Gasteiger partial charge in [-0.2, -0.15) is 0 Å². The lowest BCUT2D eigenvalue weighted by Crippen LogP contribution is -2.40. The van der Waals surface area contributed by atoms with Crippen molar-refractivity contribution in [1.82, 2.24) is 5.32 Å². The Balaban J connectivity index is 1.93. The molecule has 0 bridgehead atoms. The first-order valence-electron chi connectivity index (χ1n) is 8.38. The number of nitrogens with zero attached hydrogens (tertiary/aromatic N) is 1. The molecule has 7 heteroatoms. The van der Waals surface area contributed by atoms with Crippen molar-refractivity contribution in [3.05, 3.63) is 64.7 Å². The van der Waals surface area contributed by atoms with E-state index in [1.54, 1.807) is 30.3 Å². The van der Waals surface area contributed by atoms with Crippen molar-refractivity contribution in [3.63, 3.8) is 0 Å². The van der Waals surface area contributed by atoms with Crippen LogP contribution in [0.15, 0.2) is 48.5 Å². The molecule has 0 saturated heterocycles. The highest BCUT2D eigenvalue weighted by Gasteiger charge is 2.16. The number of halogens is 1. The third-order valence-electron chi connectivity index (χ3n) is 3.91. The van der Waals surface area contributed by atoms with Crippen molar-refractivity contribution in [3.8, 4) is 0 Å². The summed E-state index contributed by atoms with van der Waals surface area (Å²) in [5.74, 6) is -1.01. The number of carbonyl (C=O) groups excluding carboxylic acids is 3. The Hall–Kier alpha value is -2.86. The lowest BCUT2D eigenvalue weighted by atomic mass is 10.1. The lowest BCUT2D eigenvalue weighted by Gasteiger charge is -2.21. The number of nitrogens with one attached hydrogen (secondary N) is 1. The lowest BCUT2D eigenvalue weighted by molar-refractivity contribution is -0.123. The highest BCUT2D eigenvalue weighted by Crippen LogP contribution is 2.16. The van der Waals surface area contributed by atoms with Crippen molar-refractivity contribution >= 4 is 35.1 Å². The molecule has 0 aliphatic carbocycles. The third-order valence-corrected chi connectivity index (χ3v) is 4.14. The fraction of sp³-hybridized carbons (Fsp3) is 0.250. The molecule has 0 spiro atoms. The minimum Gasteiger partial charge on any atom is -0.465 e. The quantitative estimate of drug-likeness (QED) is 0.740. The van der Waals surface area contributed by atoms with E-state index >= 15 is 0 Å². The molecule has 2 aromatic carbocycles. The molecule has 0 saturated carbocycles. The molecule has 6 nitrogen and oxygen atoms in total. The van der Waals surface area contributed by atoms with E-state index in [-0.39, 0.29) is 18.4 Å². The number of anilines is 1.